The highest BCUT2D eigenvalue weighted by Gasteiger charge is 2.52. The number of fused-ring (bicyclic) bond motifs is 3. The second-order valence-corrected chi connectivity index (χ2v) is 12.2. The number of nitrogen functional groups attached to an aromatic ring is 1. The molecule has 3 aromatic rings. The smallest absolute Gasteiger partial charge is 0.299 e. The third kappa shape index (κ3) is 5.14. The van der Waals surface area contributed by atoms with Gasteiger partial charge in [-0.3, -0.25) is 19.8 Å². The Morgan fingerprint density at radius 3 is 2.57 bits per heavy atom. The number of carbonyl (C=O) groups is 3. The number of hydrogen-bond donors (Lipinski definition) is 4. The predicted molar refractivity (Wildman–Crippen MR) is 159 cm³/mol. The number of likely N-dealkylation sites (tertiary alicyclic amines) is 1. The third-order valence-corrected chi connectivity index (χ3v) is 9.43. The summed E-state index contributed by atoms with van der Waals surface area (Å²) in [4.78, 5) is 42.2. The lowest BCUT2D eigenvalue weighted by atomic mass is 9.97. The Morgan fingerprint density at radius 2 is 1.86 bits per heavy atom. The first kappa shape index (κ1) is 29.9. The van der Waals surface area contributed by atoms with Crippen LogP contribution in [0.15, 0.2) is 47.8 Å². The quantitative estimate of drug-likeness (QED) is 0.234. The summed E-state index contributed by atoms with van der Waals surface area (Å²) in [6.07, 6.45) is 0.117. The highest BCUT2D eigenvalue weighted by atomic mass is 32.1. The summed E-state index contributed by atoms with van der Waals surface area (Å²) in [5.41, 5.74) is 6.94. The van der Waals surface area contributed by atoms with E-state index < -0.39 is 48.1 Å². The van der Waals surface area contributed by atoms with Gasteiger partial charge in [0.15, 0.2) is 5.79 Å². The molecule has 2 aromatic carbocycles. The lowest BCUT2D eigenvalue weighted by Crippen LogP contribution is -2.49. The van der Waals surface area contributed by atoms with Crippen LogP contribution < -0.4 is 16.4 Å². The number of nitrogens with two attached hydrogens (primary N) is 1. The van der Waals surface area contributed by atoms with Crippen LogP contribution in [0.5, 0.6) is 0 Å². The fourth-order valence-corrected chi connectivity index (χ4v) is 7.09. The van der Waals surface area contributed by atoms with Gasteiger partial charge in [0.25, 0.3) is 11.8 Å². The number of nitrogens with zero attached hydrogens (tertiary/aromatic N) is 1. The standard InChI is InChI=1S/C31H31F2N5O5S/c1-16-9-18(10-21-20-5-3-4-6-22(20)31(32,33)26(16)21)28(40)36-13-25(39)38-15-30(42-7-8-43-30)12-23(38)29(41)37-17(2)24-11-19(14-44-24)27(34)35/h3-6,9-11,14,17,23H,7-8,12-13,15H2,1-2H3,(H3,34,35)(H,36,40)(H,37,41)/t17-,23?/m1/s1. The molecule has 6 rings (SSSR count). The number of ether oxygens (including phenoxy) is 2. The van der Waals surface area contributed by atoms with Gasteiger partial charge in [-0.25, -0.2) is 0 Å². The van der Waals surface area contributed by atoms with E-state index in [2.05, 4.69) is 10.6 Å². The second kappa shape index (κ2) is 11.1. The Morgan fingerprint density at radius 1 is 1.14 bits per heavy atom. The maximum atomic E-state index is 15.2. The zero-order valence-electron chi connectivity index (χ0n) is 24.0. The van der Waals surface area contributed by atoms with Gasteiger partial charge in [0, 0.05) is 38.9 Å². The monoisotopic (exact) mass is 623 g/mol. The van der Waals surface area contributed by atoms with Gasteiger partial charge >= 0.3 is 0 Å². The minimum absolute atomic E-state index is 0.00543. The van der Waals surface area contributed by atoms with Gasteiger partial charge in [0.1, 0.15) is 11.9 Å². The summed E-state index contributed by atoms with van der Waals surface area (Å²) in [7, 11) is 0. The number of amides is 3. The molecule has 0 radical (unpaired) electrons. The molecule has 1 unspecified atom stereocenters. The normalized spacial score (nSPS) is 19.8. The van der Waals surface area contributed by atoms with Crippen molar-refractivity contribution in [2.45, 2.75) is 44.1 Å². The molecule has 5 N–H and O–H groups in total. The van der Waals surface area contributed by atoms with Crippen molar-refractivity contribution in [2.24, 2.45) is 5.73 Å². The Balaban J connectivity index is 1.17. The highest BCUT2D eigenvalue weighted by Crippen LogP contribution is 2.52. The first-order valence-corrected chi connectivity index (χ1v) is 15.0. The molecule has 3 heterocycles. The summed E-state index contributed by atoms with van der Waals surface area (Å²) in [5, 5.41) is 14.9. The van der Waals surface area contributed by atoms with Crippen LogP contribution in [0, 0.1) is 12.3 Å². The molecular formula is C31H31F2N5O5S. The first-order chi connectivity index (χ1) is 20.9. The number of nitrogens with one attached hydrogen (secondary N) is 3. The molecule has 44 heavy (non-hydrogen) atoms. The molecule has 10 nitrogen and oxygen atoms in total. The zero-order chi connectivity index (χ0) is 31.4. The van der Waals surface area contributed by atoms with Crippen molar-refractivity contribution in [2.75, 3.05) is 26.3 Å². The Bertz CT molecular complexity index is 1690. The maximum absolute atomic E-state index is 15.2. The molecule has 1 aliphatic carbocycles. The molecule has 2 fully saturated rings. The van der Waals surface area contributed by atoms with Gasteiger partial charge in [0.2, 0.25) is 11.8 Å². The zero-order valence-corrected chi connectivity index (χ0v) is 24.9. The number of hydrogen-bond acceptors (Lipinski definition) is 7. The molecule has 2 aliphatic heterocycles. The molecular weight excluding hydrogens is 592 g/mol. The summed E-state index contributed by atoms with van der Waals surface area (Å²) in [6, 6.07) is 9.41. The van der Waals surface area contributed by atoms with E-state index >= 15 is 8.78 Å². The molecule has 3 amide bonds. The van der Waals surface area contributed by atoms with Crippen molar-refractivity contribution < 1.29 is 32.6 Å². The van der Waals surface area contributed by atoms with Gasteiger partial charge < -0.3 is 30.7 Å². The molecule has 1 spiro atoms. The number of alkyl halides is 2. The number of halogens is 2. The largest absolute Gasteiger partial charge is 0.384 e. The Labute approximate surface area is 256 Å². The SMILES string of the molecule is Cc1cc(C(=O)NCC(=O)N2CC3(CC2C(=O)N[C@H](C)c2cc(C(=N)N)cs2)OCCO3)cc2c1C(F)(F)c1ccccc1-2. The van der Waals surface area contributed by atoms with Crippen molar-refractivity contribution in [3.8, 4) is 11.1 Å². The Kier molecular flexibility index (Phi) is 7.50. The van der Waals surface area contributed by atoms with Crippen LogP contribution >= 0.6 is 11.3 Å². The molecule has 230 valence electrons. The maximum Gasteiger partial charge on any atom is 0.299 e. The number of benzene rings is 2. The third-order valence-electron chi connectivity index (χ3n) is 8.31. The lowest BCUT2D eigenvalue weighted by molar-refractivity contribution is -0.152. The molecule has 0 bridgehead atoms. The molecule has 0 saturated carbocycles. The number of carbonyl (C=O) groups excluding carboxylic acids is 3. The van der Waals surface area contributed by atoms with Crippen LogP contribution in [0.1, 0.15) is 56.9 Å². The van der Waals surface area contributed by atoms with Crippen LogP contribution in [0.4, 0.5) is 8.78 Å². The fourth-order valence-electron chi connectivity index (χ4n) is 6.18. The number of thiophene rings is 1. The van der Waals surface area contributed by atoms with E-state index in [0.29, 0.717) is 24.3 Å². The van der Waals surface area contributed by atoms with Crippen LogP contribution in [0.2, 0.25) is 0 Å². The first-order valence-electron chi connectivity index (χ1n) is 14.1. The van der Waals surface area contributed by atoms with Gasteiger partial charge in [-0.2, -0.15) is 8.78 Å². The minimum atomic E-state index is -3.18. The van der Waals surface area contributed by atoms with Gasteiger partial charge in [0.05, 0.1) is 32.3 Å². The molecule has 13 heteroatoms. The van der Waals surface area contributed by atoms with Crippen molar-refractivity contribution in [3.63, 3.8) is 0 Å². The van der Waals surface area contributed by atoms with Crippen LogP contribution in [-0.4, -0.2) is 66.6 Å². The minimum Gasteiger partial charge on any atom is -0.384 e. The molecule has 1 aromatic heterocycles. The summed E-state index contributed by atoms with van der Waals surface area (Å²) in [5.74, 6) is -5.91. The number of aryl methyl sites for hydroxylation is 1. The van der Waals surface area contributed by atoms with E-state index in [9.17, 15) is 14.4 Å². The number of amidine groups is 1. The van der Waals surface area contributed by atoms with Crippen LogP contribution in [-0.2, 0) is 25.0 Å². The number of rotatable bonds is 7. The van der Waals surface area contributed by atoms with E-state index in [-0.39, 0.29) is 46.6 Å². The topological polar surface area (TPSA) is 147 Å². The van der Waals surface area contributed by atoms with Crippen molar-refractivity contribution >= 4 is 34.9 Å². The van der Waals surface area contributed by atoms with Gasteiger partial charge in [-0.05, 0) is 48.7 Å². The molecule has 2 atom stereocenters. The Hall–Kier alpha value is -4.20. The van der Waals surface area contributed by atoms with E-state index in [0.717, 1.165) is 4.88 Å². The summed E-state index contributed by atoms with van der Waals surface area (Å²) in [6.45, 7) is 3.56. The average molecular weight is 624 g/mol. The van der Waals surface area contributed by atoms with Crippen LogP contribution in [0.25, 0.3) is 11.1 Å². The van der Waals surface area contributed by atoms with E-state index in [1.54, 1.807) is 36.6 Å². The van der Waals surface area contributed by atoms with E-state index in [4.69, 9.17) is 20.6 Å². The van der Waals surface area contributed by atoms with E-state index in [1.165, 1.54) is 41.4 Å². The molecule has 2 saturated heterocycles. The lowest BCUT2D eigenvalue weighted by Gasteiger charge is -2.25. The highest BCUT2D eigenvalue weighted by molar-refractivity contribution is 7.10. The second-order valence-electron chi connectivity index (χ2n) is 11.2. The van der Waals surface area contributed by atoms with Crippen molar-refractivity contribution in [1.29, 1.82) is 5.41 Å². The van der Waals surface area contributed by atoms with E-state index in [1.807, 2.05) is 0 Å². The average Bonchev–Trinajstić information content (AvgIpc) is 3.78. The fraction of sp³-hybridized carbons (Fsp3) is 0.355. The van der Waals surface area contributed by atoms with Crippen molar-refractivity contribution in [1.82, 2.24) is 15.5 Å². The summed E-state index contributed by atoms with van der Waals surface area (Å²) < 4.78 is 41.9. The van der Waals surface area contributed by atoms with Crippen molar-refractivity contribution in [3.05, 3.63) is 80.5 Å². The van der Waals surface area contributed by atoms with Gasteiger partial charge in [-0.15, -0.1) is 11.3 Å². The predicted octanol–water partition coefficient (Wildman–Crippen LogP) is 3.41. The van der Waals surface area contributed by atoms with Crippen LogP contribution in [0.3, 0.4) is 0 Å². The van der Waals surface area contributed by atoms with Gasteiger partial charge in [-0.1, -0.05) is 24.3 Å². The molecule has 3 aliphatic rings. The summed E-state index contributed by atoms with van der Waals surface area (Å²) >= 11 is 1.36.